The molecule has 32 heavy (non-hydrogen) atoms. The number of tetrazole rings is 1. The molecule has 3 heterocycles. The van der Waals surface area contributed by atoms with E-state index in [0.717, 1.165) is 29.8 Å². The Hall–Kier alpha value is -3.66. The van der Waals surface area contributed by atoms with Crippen molar-refractivity contribution in [1.29, 1.82) is 0 Å². The SMILES string of the molecule is COc1c2c(cc3c1C(c1nnnn1-c1ccc(C(=O)N(C)C)cc1)N(C)CC3)OCO2. The lowest BCUT2D eigenvalue weighted by molar-refractivity contribution is 0.0827. The summed E-state index contributed by atoms with van der Waals surface area (Å²) in [5.74, 6) is 2.54. The quantitative estimate of drug-likeness (QED) is 0.610. The largest absolute Gasteiger partial charge is 0.492 e. The summed E-state index contributed by atoms with van der Waals surface area (Å²) in [6.45, 7) is 0.994. The number of hydrogen-bond acceptors (Lipinski definition) is 8. The van der Waals surface area contributed by atoms with Gasteiger partial charge in [0, 0.05) is 31.8 Å². The topological polar surface area (TPSA) is 94.8 Å². The predicted octanol–water partition coefficient (Wildman–Crippen LogP) is 1.68. The number of ether oxygens (including phenoxy) is 3. The summed E-state index contributed by atoms with van der Waals surface area (Å²) < 4.78 is 18.8. The van der Waals surface area contributed by atoms with Crippen LogP contribution in [-0.4, -0.2) is 77.5 Å². The van der Waals surface area contributed by atoms with Crippen molar-refractivity contribution in [2.75, 3.05) is 41.6 Å². The highest BCUT2D eigenvalue weighted by atomic mass is 16.7. The first-order valence-electron chi connectivity index (χ1n) is 10.3. The summed E-state index contributed by atoms with van der Waals surface area (Å²) in [7, 11) is 7.12. The van der Waals surface area contributed by atoms with E-state index in [-0.39, 0.29) is 18.7 Å². The molecule has 10 heteroatoms. The molecular formula is C22H24N6O4. The molecule has 0 bridgehead atoms. The number of carbonyl (C=O) groups excluding carboxylic acids is 1. The fraction of sp³-hybridized carbons (Fsp3) is 0.364. The minimum atomic E-state index is -0.249. The number of rotatable bonds is 4. The average Bonchev–Trinajstić information content (AvgIpc) is 3.46. The maximum Gasteiger partial charge on any atom is 0.253 e. The van der Waals surface area contributed by atoms with Crippen LogP contribution < -0.4 is 14.2 Å². The molecule has 3 aromatic rings. The summed E-state index contributed by atoms with van der Waals surface area (Å²) in [6.07, 6.45) is 0.845. The van der Waals surface area contributed by atoms with Crippen molar-refractivity contribution in [2.24, 2.45) is 0 Å². The smallest absolute Gasteiger partial charge is 0.253 e. The van der Waals surface area contributed by atoms with Gasteiger partial charge in [0.15, 0.2) is 17.3 Å². The first kappa shape index (κ1) is 20.3. The Morgan fingerprint density at radius 2 is 2.00 bits per heavy atom. The Labute approximate surface area is 185 Å². The zero-order valence-corrected chi connectivity index (χ0v) is 18.4. The molecule has 1 atom stereocenters. The molecule has 0 saturated carbocycles. The van der Waals surface area contributed by atoms with E-state index in [1.807, 2.05) is 25.2 Å². The van der Waals surface area contributed by atoms with E-state index in [1.165, 1.54) is 0 Å². The van der Waals surface area contributed by atoms with Crippen LogP contribution in [0.5, 0.6) is 17.2 Å². The van der Waals surface area contributed by atoms with E-state index in [1.54, 1.807) is 42.9 Å². The normalized spacial score (nSPS) is 17.2. The monoisotopic (exact) mass is 436 g/mol. The molecular weight excluding hydrogens is 412 g/mol. The zero-order chi connectivity index (χ0) is 22.4. The van der Waals surface area contributed by atoms with Crippen molar-refractivity contribution in [3.8, 4) is 22.9 Å². The van der Waals surface area contributed by atoms with Crippen LogP contribution in [-0.2, 0) is 6.42 Å². The van der Waals surface area contributed by atoms with Gasteiger partial charge in [0.25, 0.3) is 5.91 Å². The Bertz CT molecular complexity index is 1170. The second-order valence-electron chi connectivity index (χ2n) is 8.04. The number of amides is 1. The number of fused-ring (bicyclic) bond motifs is 2. The second kappa shape index (κ2) is 7.79. The number of methoxy groups -OCH3 is 1. The van der Waals surface area contributed by atoms with Gasteiger partial charge in [-0.15, -0.1) is 5.10 Å². The summed E-state index contributed by atoms with van der Waals surface area (Å²) >= 11 is 0. The van der Waals surface area contributed by atoms with Crippen LogP contribution >= 0.6 is 0 Å². The molecule has 1 amide bonds. The summed E-state index contributed by atoms with van der Waals surface area (Å²) in [5, 5.41) is 12.6. The van der Waals surface area contributed by atoms with Gasteiger partial charge in [-0.05, 0) is 59.8 Å². The number of benzene rings is 2. The van der Waals surface area contributed by atoms with Gasteiger partial charge in [-0.2, -0.15) is 4.68 Å². The van der Waals surface area contributed by atoms with Crippen LogP contribution in [0.2, 0.25) is 0 Å². The highest BCUT2D eigenvalue weighted by Gasteiger charge is 2.37. The molecule has 10 nitrogen and oxygen atoms in total. The van der Waals surface area contributed by atoms with Crippen molar-refractivity contribution < 1.29 is 19.0 Å². The molecule has 1 unspecified atom stereocenters. The van der Waals surface area contributed by atoms with Gasteiger partial charge in [0.2, 0.25) is 12.5 Å². The van der Waals surface area contributed by atoms with E-state index in [2.05, 4.69) is 20.4 Å². The first-order chi connectivity index (χ1) is 15.5. The third kappa shape index (κ3) is 3.14. The lowest BCUT2D eigenvalue weighted by Crippen LogP contribution is -2.35. The van der Waals surface area contributed by atoms with Crippen LogP contribution in [0.1, 0.15) is 33.4 Å². The maximum atomic E-state index is 12.2. The zero-order valence-electron chi connectivity index (χ0n) is 18.4. The van der Waals surface area contributed by atoms with Gasteiger partial charge >= 0.3 is 0 Å². The van der Waals surface area contributed by atoms with Crippen molar-refractivity contribution in [3.63, 3.8) is 0 Å². The van der Waals surface area contributed by atoms with Crippen LogP contribution in [0.15, 0.2) is 30.3 Å². The molecule has 5 rings (SSSR count). The Kier molecular flexibility index (Phi) is 4.93. The number of nitrogens with zero attached hydrogens (tertiary/aromatic N) is 6. The van der Waals surface area contributed by atoms with Crippen molar-refractivity contribution >= 4 is 5.91 Å². The molecule has 0 fully saturated rings. The minimum absolute atomic E-state index is 0.0600. The molecule has 2 aliphatic rings. The van der Waals surface area contributed by atoms with E-state index in [0.29, 0.717) is 28.6 Å². The van der Waals surface area contributed by atoms with Crippen LogP contribution in [0, 0.1) is 0 Å². The van der Waals surface area contributed by atoms with Crippen LogP contribution in [0.4, 0.5) is 0 Å². The standard InChI is InChI=1S/C22H24N6O4/c1-26(2)22(29)13-5-7-15(8-6-13)28-21(23-24-25-28)18-17-14(9-10-27(18)3)11-16-19(20(17)30-4)32-12-31-16/h5-8,11,18H,9-10,12H2,1-4H3. The molecule has 0 spiro atoms. The van der Waals surface area contributed by atoms with Gasteiger partial charge < -0.3 is 19.1 Å². The summed E-state index contributed by atoms with van der Waals surface area (Å²) in [4.78, 5) is 16.0. The van der Waals surface area contributed by atoms with Gasteiger partial charge in [-0.3, -0.25) is 9.69 Å². The molecule has 166 valence electrons. The molecule has 0 radical (unpaired) electrons. The molecule has 2 aliphatic heterocycles. The molecule has 0 N–H and O–H groups in total. The third-order valence-electron chi connectivity index (χ3n) is 5.90. The highest BCUT2D eigenvalue weighted by Crippen LogP contribution is 2.50. The number of hydrogen-bond donors (Lipinski definition) is 0. The van der Waals surface area contributed by atoms with Gasteiger partial charge in [0.1, 0.15) is 6.04 Å². The second-order valence-corrected chi connectivity index (χ2v) is 8.04. The number of likely N-dealkylation sites (N-methyl/N-ethyl adjacent to an activating group) is 1. The van der Waals surface area contributed by atoms with Crippen LogP contribution in [0.3, 0.4) is 0 Å². The molecule has 2 aromatic carbocycles. The lowest BCUT2D eigenvalue weighted by Gasteiger charge is -2.34. The van der Waals surface area contributed by atoms with Crippen LogP contribution in [0.25, 0.3) is 5.69 Å². The Morgan fingerprint density at radius 1 is 1.22 bits per heavy atom. The molecule has 1 aromatic heterocycles. The van der Waals surface area contributed by atoms with Crippen molar-refractivity contribution in [3.05, 3.63) is 52.8 Å². The number of carbonyl (C=O) groups is 1. The van der Waals surface area contributed by atoms with Gasteiger partial charge in [-0.25, -0.2) is 0 Å². The molecule has 0 aliphatic carbocycles. The van der Waals surface area contributed by atoms with Gasteiger partial charge in [-0.1, -0.05) is 0 Å². The Morgan fingerprint density at radius 3 is 2.72 bits per heavy atom. The predicted molar refractivity (Wildman–Crippen MR) is 114 cm³/mol. The van der Waals surface area contributed by atoms with Gasteiger partial charge in [0.05, 0.1) is 12.8 Å². The van der Waals surface area contributed by atoms with Crippen molar-refractivity contribution in [1.82, 2.24) is 30.0 Å². The summed E-state index contributed by atoms with van der Waals surface area (Å²) in [6, 6.07) is 9.02. The van der Waals surface area contributed by atoms with E-state index in [9.17, 15) is 4.79 Å². The van der Waals surface area contributed by atoms with E-state index in [4.69, 9.17) is 14.2 Å². The summed E-state index contributed by atoms with van der Waals surface area (Å²) in [5.41, 5.74) is 3.46. The fourth-order valence-electron chi connectivity index (χ4n) is 4.31. The average molecular weight is 436 g/mol. The fourth-order valence-corrected chi connectivity index (χ4v) is 4.31. The van der Waals surface area contributed by atoms with E-state index >= 15 is 0 Å². The number of aromatic nitrogens is 4. The Balaban J connectivity index is 1.60. The van der Waals surface area contributed by atoms with E-state index < -0.39 is 0 Å². The third-order valence-corrected chi connectivity index (χ3v) is 5.90. The molecule has 0 saturated heterocycles. The maximum absolute atomic E-state index is 12.2. The minimum Gasteiger partial charge on any atom is -0.492 e. The lowest BCUT2D eigenvalue weighted by atomic mass is 9.90. The first-order valence-corrected chi connectivity index (χ1v) is 10.3. The highest BCUT2D eigenvalue weighted by molar-refractivity contribution is 5.94. The van der Waals surface area contributed by atoms with Crippen molar-refractivity contribution in [2.45, 2.75) is 12.5 Å².